The number of nitrogens with zero attached hydrogens (tertiary/aromatic N) is 3. The summed E-state index contributed by atoms with van der Waals surface area (Å²) in [6.45, 7) is 4.38. The molecular formula is C37H23N3. The van der Waals surface area contributed by atoms with Crippen molar-refractivity contribution in [3.63, 3.8) is 0 Å². The standard InChI is InChI=1S/C37H23N3/c1-36-30-16-12-23(20-38)18-32(30)37(2,33-19-24(21-39)13-17-31(33)36)34-26(22-40)14-15-29(35(34)36)28-11-7-6-10-27(28)25-8-4-3-5-9-25/h3-19H,1-2H3. The van der Waals surface area contributed by atoms with Crippen LogP contribution in [0.3, 0.4) is 0 Å². The Bertz CT molecular complexity index is 1950. The van der Waals surface area contributed by atoms with Gasteiger partial charge in [0.05, 0.1) is 34.9 Å². The highest BCUT2D eigenvalue weighted by Gasteiger charge is 2.56. The first-order valence-corrected chi connectivity index (χ1v) is 13.3. The summed E-state index contributed by atoms with van der Waals surface area (Å²) in [6.07, 6.45) is 0. The minimum Gasteiger partial charge on any atom is -0.192 e. The van der Waals surface area contributed by atoms with Crippen molar-refractivity contribution in [2.24, 2.45) is 0 Å². The van der Waals surface area contributed by atoms with Gasteiger partial charge >= 0.3 is 0 Å². The van der Waals surface area contributed by atoms with Crippen molar-refractivity contribution in [1.29, 1.82) is 15.8 Å². The third-order valence-electron chi connectivity index (χ3n) is 9.08. The largest absolute Gasteiger partial charge is 0.192 e. The molecule has 3 heteroatoms. The van der Waals surface area contributed by atoms with Crippen molar-refractivity contribution in [3.8, 4) is 40.5 Å². The van der Waals surface area contributed by atoms with Crippen LogP contribution < -0.4 is 0 Å². The zero-order chi connectivity index (χ0) is 27.6. The van der Waals surface area contributed by atoms with Gasteiger partial charge in [0.1, 0.15) is 0 Å². The first kappa shape index (κ1) is 23.7. The van der Waals surface area contributed by atoms with E-state index in [4.69, 9.17) is 0 Å². The van der Waals surface area contributed by atoms with Crippen molar-refractivity contribution in [3.05, 3.63) is 153 Å². The quantitative estimate of drug-likeness (QED) is 0.242. The molecule has 0 spiro atoms. The van der Waals surface area contributed by atoms with Gasteiger partial charge in [-0.1, -0.05) is 72.8 Å². The highest BCUT2D eigenvalue weighted by molar-refractivity contribution is 5.90. The van der Waals surface area contributed by atoms with Crippen LogP contribution in [0.15, 0.2) is 103 Å². The molecule has 0 aliphatic heterocycles. The molecule has 0 aromatic heterocycles. The third kappa shape index (κ3) is 2.86. The SMILES string of the molecule is CC12c3cc(C#N)ccc3C(C)(c3ccc(C#N)cc31)c1c(-c3ccccc3-c3ccccc3)ccc(C#N)c12. The molecule has 0 heterocycles. The maximum absolute atomic E-state index is 10.5. The van der Waals surface area contributed by atoms with Crippen LogP contribution in [-0.4, -0.2) is 0 Å². The first-order chi connectivity index (χ1) is 19.5. The smallest absolute Gasteiger partial charge is 0.0995 e. The number of hydrogen-bond donors (Lipinski definition) is 0. The van der Waals surface area contributed by atoms with Gasteiger partial charge in [-0.2, -0.15) is 15.8 Å². The second-order valence-electron chi connectivity index (χ2n) is 10.9. The lowest BCUT2D eigenvalue weighted by molar-refractivity contribution is 0.511. The molecule has 8 rings (SSSR count). The van der Waals surface area contributed by atoms with Crippen LogP contribution in [0.2, 0.25) is 0 Å². The zero-order valence-corrected chi connectivity index (χ0v) is 22.2. The highest BCUT2D eigenvalue weighted by atomic mass is 14.6. The van der Waals surface area contributed by atoms with Crippen LogP contribution in [-0.2, 0) is 10.8 Å². The Balaban J connectivity index is 1.66. The van der Waals surface area contributed by atoms with Crippen LogP contribution >= 0.6 is 0 Å². The molecule has 0 atom stereocenters. The van der Waals surface area contributed by atoms with E-state index in [1.807, 2.05) is 36.4 Å². The summed E-state index contributed by atoms with van der Waals surface area (Å²) >= 11 is 0. The van der Waals surface area contributed by atoms with Gasteiger partial charge in [-0.05, 0) is 99.8 Å². The van der Waals surface area contributed by atoms with Crippen molar-refractivity contribution < 1.29 is 0 Å². The molecule has 3 aliphatic carbocycles. The molecule has 0 amide bonds. The van der Waals surface area contributed by atoms with Crippen molar-refractivity contribution >= 4 is 0 Å². The van der Waals surface area contributed by atoms with Crippen molar-refractivity contribution in [2.45, 2.75) is 24.7 Å². The molecule has 40 heavy (non-hydrogen) atoms. The summed E-state index contributed by atoms with van der Waals surface area (Å²) in [6, 6.07) is 41.9. The number of benzene rings is 5. The van der Waals surface area contributed by atoms with E-state index in [0.29, 0.717) is 16.7 Å². The molecule has 5 aromatic carbocycles. The van der Waals surface area contributed by atoms with Gasteiger partial charge in [0.25, 0.3) is 0 Å². The Morgan fingerprint density at radius 3 is 1.60 bits per heavy atom. The topological polar surface area (TPSA) is 71.4 Å². The Morgan fingerprint density at radius 2 is 1.02 bits per heavy atom. The lowest BCUT2D eigenvalue weighted by Crippen LogP contribution is -2.49. The van der Waals surface area contributed by atoms with Gasteiger partial charge in [0.2, 0.25) is 0 Å². The molecule has 3 aliphatic rings. The minimum atomic E-state index is -0.722. The number of hydrogen-bond acceptors (Lipinski definition) is 3. The Hall–Kier alpha value is -5.43. The summed E-state index contributed by atoms with van der Waals surface area (Å²) in [5.74, 6) is 0. The Labute approximate surface area is 233 Å². The third-order valence-corrected chi connectivity index (χ3v) is 9.08. The predicted molar refractivity (Wildman–Crippen MR) is 155 cm³/mol. The molecule has 0 unspecified atom stereocenters. The normalized spacial score (nSPS) is 19.4. The van der Waals surface area contributed by atoms with Crippen molar-refractivity contribution in [1.82, 2.24) is 0 Å². The minimum absolute atomic E-state index is 0.583. The van der Waals surface area contributed by atoms with E-state index < -0.39 is 10.8 Å². The van der Waals surface area contributed by atoms with E-state index in [-0.39, 0.29) is 0 Å². The second kappa shape index (κ2) is 8.28. The summed E-state index contributed by atoms with van der Waals surface area (Å²) in [4.78, 5) is 0. The van der Waals surface area contributed by atoms with E-state index >= 15 is 0 Å². The molecule has 0 saturated carbocycles. The fraction of sp³-hybridized carbons (Fsp3) is 0.108. The predicted octanol–water partition coefficient (Wildman–Crippen LogP) is 7.97. The molecule has 2 bridgehead atoms. The molecule has 0 fully saturated rings. The lowest BCUT2D eigenvalue weighted by Gasteiger charge is -2.55. The lowest BCUT2D eigenvalue weighted by atomic mass is 9.46. The number of rotatable bonds is 2. The molecule has 3 nitrogen and oxygen atoms in total. The Morgan fingerprint density at radius 1 is 0.475 bits per heavy atom. The average molecular weight is 510 g/mol. The molecule has 0 N–H and O–H groups in total. The zero-order valence-electron chi connectivity index (χ0n) is 22.2. The molecule has 0 radical (unpaired) electrons. The van der Waals surface area contributed by atoms with Gasteiger partial charge in [0, 0.05) is 10.8 Å². The van der Waals surface area contributed by atoms with Crippen LogP contribution in [0.25, 0.3) is 22.3 Å². The maximum Gasteiger partial charge on any atom is 0.0995 e. The van der Waals surface area contributed by atoms with E-state index in [2.05, 4.69) is 98.8 Å². The van der Waals surface area contributed by atoms with E-state index in [1.54, 1.807) is 0 Å². The van der Waals surface area contributed by atoms with Crippen LogP contribution in [0.5, 0.6) is 0 Å². The fourth-order valence-corrected chi connectivity index (χ4v) is 7.30. The first-order valence-electron chi connectivity index (χ1n) is 13.3. The van der Waals surface area contributed by atoms with Gasteiger partial charge in [-0.3, -0.25) is 0 Å². The van der Waals surface area contributed by atoms with Gasteiger partial charge in [-0.25, -0.2) is 0 Å². The maximum atomic E-state index is 10.5. The molecule has 5 aromatic rings. The highest BCUT2D eigenvalue weighted by Crippen LogP contribution is 2.64. The van der Waals surface area contributed by atoms with E-state index in [0.717, 1.165) is 55.6 Å². The number of nitriles is 3. The fourth-order valence-electron chi connectivity index (χ4n) is 7.30. The van der Waals surface area contributed by atoms with Crippen molar-refractivity contribution in [2.75, 3.05) is 0 Å². The summed E-state index contributed by atoms with van der Waals surface area (Å²) in [7, 11) is 0. The second-order valence-corrected chi connectivity index (χ2v) is 10.9. The molecule has 186 valence electrons. The Kier molecular flexibility index (Phi) is 4.90. The van der Waals surface area contributed by atoms with E-state index in [9.17, 15) is 15.8 Å². The molecule has 0 saturated heterocycles. The van der Waals surface area contributed by atoms with Gasteiger partial charge in [0.15, 0.2) is 0 Å². The van der Waals surface area contributed by atoms with Gasteiger partial charge in [-0.15, -0.1) is 0 Å². The van der Waals surface area contributed by atoms with Crippen LogP contribution in [0.4, 0.5) is 0 Å². The average Bonchev–Trinajstić information content (AvgIpc) is 3.02. The van der Waals surface area contributed by atoms with Gasteiger partial charge < -0.3 is 0 Å². The summed E-state index contributed by atoms with van der Waals surface area (Å²) in [5, 5.41) is 30.1. The van der Waals surface area contributed by atoms with E-state index in [1.165, 1.54) is 0 Å². The van der Waals surface area contributed by atoms with Crippen LogP contribution in [0, 0.1) is 34.0 Å². The summed E-state index contributed by atoms with van der Waals surface area (Å²) in [5.41, 5.74) is 11.3. The van der Waals surface area contributed by atoms with Crippen LogP contribution in [0.1, 0.15) is 63.9 Å². The molecular weight excluding hydrogens is 486 g/mol. The monoisotopic (exact) mass is 509 g/mol. The summed E-state index contributed by atoms with van der Waals surface area (Å²) < 4.78 is 0.